The number of anilines is 2. The van der Waals surface area contributed by atoms with E-state index in [0.29, 0.717) is 11.4 Å². The summed E-state index contributed by atoms with van der Waals surface area (Å²) in [6.07, 6.45) is 1.24. The topological polar surface area (TPSA) is 151 Å². The number of carboxylic acid groups (broad SMARTS) is 1. The van der Waals surface area contributed by atoms with E-state index >= 15 is 4.39 Å². The molecule has 168 valence electrons. The van der Waals surface area contributed by atoms with Gasteiger partial charge in [-0.25, -0.2) is 33.5 Å². The summed E-state index contributed by atoms with van der Waals surface area (Å²) >= 11 is 0. The molecule has 12 heteroatoms. The minimum Gasteiger partial charge on any atom is -0.487 e. The van der Waals surface area contributed by atoms with Crippen molar-refractivity contribution in [1.82, 2.24) is 19.3 Å². The highest BCUT2D eigenvalue weighted by Crippen LogP contribution is 2.41. The summed E-state index contributed by atoms with van der Waals surface area (Å²) in [4.78, 5) is 47.7. The van der Waals surface area contributed by atoms with Crippen LogP contribution < -0.4 is 26.9 Å². The summed E-state index contributed by atoms with van der Waals surface area (Å²) in [6.45, 7) is 1.93. The molecule has 11 nitrogen and oxygen atoms in total. The van der Waals surface area contributed by atoms with Gasteiger partial charge < -0.3 is 19.7 Å². The fraction of sp³-hybridized carbons (Fsp3) is 0.143. The molecule has 5 rings (SSSR count). The summed E-state index contributed by atoms with van der Waals surface area (Å²) in [5, 5.41) is 16.5. The Balaban J connectivity index is 1.63. The molecule has 0 fully saturated rings. The van der Waals surface area contributed by atoms with Crippen molar-refractivity contribution in [3.63, 3.8) is 0 Å². The molecule has 4 N–H and O–H groups in total. The van der Waals surface area contributed by atoms with Crippen molar-refractivity contribution >= 4 is 28.2 Å². The molecule has 1 aliphatic rings. The van der Waals surface area contributed by atoms with Crippen LogP contribution in [0.3, 0.4) is 0 Å². The van der Waals surface area contributed by atoms with Gasteiger partial charge in [0.05, 0.1) is 22.6 Å². The van der Waals surface area contributed by atoms with Gasteiger partial charge >= 0.3 is 17.3 Å². The molecule has 0 radical (unpaired) electrons. The maximum absolute atomic E-state index is 15.1. The molecule has 0 unspecified atom stereocenters. The molecular weight excluding hydrogens is 437 g/mol. The van der Waals surface area contributed by atoms with Gasteiger partial charge in [-0.05, 0) is 37.3 Å². The Morgan fingerprint density at radius 2 is 1.85 bits per heavy atom. The standard InChI is InChI=1S/C21H16FN5O6/c1-9-8-33-18-15(14(22)6-12-16(18)26(9)7-13(17(12)28)19(29)30)23-10-2-4-11(5-3-10)27-20(31)24-25-21(27)32/h2-7,9,23H,8H2,1H3,(H,24,31)(H,25,32)(H,29,30)/t9-/m0/s1. The Morgan fingerprint density at radius 3 is 2.48 bits per heavy atom. The summed E-state index contributed by atoms with van der Waals surface area (Å²) in [5.74, 6) is -2.12. The highest BCUT2D eigenvalue weighted by Gasteiger charge is 2.28. The Hall–Kier alpha value is -4.61. The van der Waals surface area contributed by atoms with Gasteiger partial charge in [-0.2, -0.15) is 0 Å². The first kappa shape index (κ1) is 20.3. The lowest BCUT2D eigenvalue weighted by atomic mass is 10.1. The van der Waals surface area contributed by atoms with Gasteiger partial charge in [0, 0.05) is 11.9 Å². The van der Waals surface area contributed by atoms with E-state index in [0.717, 1.165) is 10.6 Å². The zero-order chi connectivity index (χ0) is 23.4. The second kappa shape index (κ2) is 7.22. The number of hydrogen-bond acceptors (Lipinski definition) is 6. The number of nitrogens with one attached hydrogen (secondary N) is 3. The lowest BCUT2D eigenvalue weighted by Gasteiger charge is -2.28. The number of aromatic nitrogens is 4. The lowest BCUT2D eigenvalue weighted by molar-refractivity contribution is 0.0694. The van der Waals surface area contributed by atoms with Crippen molar-refractivity contribution in [2.75, 3.05) is 11.9 Å². The van der Waals surface area contributed by atoms with E-state index in [2.05, 4.69) is 15.5 Å². The monoisotopic (exact) mass is 453 g/mol. The zero-order valence-corrected chi connectivity index (χ0v) is 17.0. The first-order chi connectivity index (χ1) is 15.8. The van der Waals surface area contributed by atoms with Gasteiger partial charge in [0.25, 0.3) is 0 Å². The zero-order valence-electron chi connectivity index (χ0n) is 17.0. The van der Waals surface area contributed by atoms with Gasteiger partial charge in [0.15, 0.2) is 11.6 Å². The van der Waals surface area contributed by atoms with E-state index in [1.807, 2.05) is 0 Å². The van der Waals surface area contributed by atoms with Crippen LogP contribution >= 0.6 is 0 Å². The highest BCUT2D eigenvalue weighted by atomic mass is 19.1. The van der Waals surface area contributed by atoms with E-state index in [1.54, 1.807) is 11.5 Å². The summed E-state index contributed by atoms with van der Waals surface area (Å²) < 4.78 is 23.3. The third kappa shape index (κ3) is 3.11. The van der Waals surface area contributed by atoms with E-state index < -0.39 is 34.2 Å². The van der Waals surface area contributed by atoms with Crippen molar-refractivity contribution < 1.29 is 19.0 Å². The third-order valence-electron chi connectivity index (χ3n) is 5.47. The molecule has 1 aliphatic heterocycles. The number of aromatic carboxylic acids is 1. The highest BCUT2D eigenvalue weighted by molar-refractivity contribution is 5.97. The number of pyridine rings is 1. The molecule has 4 aromatic rings. The molecule has 3 heterocycles. The molecular formula is C21H16FN5O6. The van der Waals surface area contributed by atoms with E-state index in [1.165, 1.54) is 30.5 Å². The number of H-pyrrole nitrogens is 2. The number of benzene rings is 2. The maximum atomic E-state index is 15.1. The Kier molecular flexibility index (Phi) is 4.44. The molecule has 0 aliphatic carbocycles. The summed E-state index contributed by atoms with van der Waals surface area (Å²) in [5.41, 5.74) is -1.54. The maximum Gasteiger partial charge on any atom is 0.348 e. The predicted molar refractivity (Wildman–Crippen MR) is 116 cm³/mol. The Morgan fingerprint density at radius 1 is 1.18 bits per heavy atom. The van der Waals surface area contributed by atoms with Crippen molar-refractivity contribution in [1.29, 1.82) is 0 Å². The average molecular weight is 453 g/mol. The molecule has 0 saturated heterocycles. The molecule has 0 bridgehead atoms. The molecule has 0 amide bonds. The van der Waals surface area contributed by atoms with Crippen molar-refractivity contribution in [2.45, 2.75) is 13.0 Å². The number of nitrogens with zero attached hydrogens (tertiary/aromatic N) is 2. The van der Waals surface area contributed by atoms with Crippen LogP contribution in [0.1, 0.15) is 23.3 Å². The first-order valence-corrected chi connectivity index (χ1v) is 9.81. The average Bonchev–Trinajstić information content (AvgIpc) is 3.12. The predicted octanol–water partition coefficient (Wildman–Crippen LogP) is 1.70. The number of hydrogen-bond donors (Lipinski definition) is 4. The van der Waals surface area contributed by atoms with Gasteiger partial charge in [-0.1, -0.05) is 0 Å². The summed E-state index contributed by atoms with van der Waals surface area (Å²) in [7, 11) is 0. The second-order valence-electron chi connectivity index (χ2n) is 7.57. The minimum absolute atomic E-state index is 0.0324. The normalized spacial score (nSPS) is 14.8. The van der Waals surface area contributed by atoms with Gasteiger partial charge in [-0.15, -0.1) is 0 Å². The third-order valence-corrected chi connectivity index (χ3v) is 5.47. The number of carboxylic acids is 1. The fourth-order valence-electron chi connectivity index (χ4n) is 3.88. The number of aromatic amines is 2. The van der Waals surface area contributed by atoms with Crippen LogP contribution in [0.15, 0.2) is 50.9 Å². The molecule has 2 aromatic carbocycles. The van der Waals surface area contributed by atoms with Crippen LogP contribution in [-0.4, -0.2) is 37.0 Å². The fourth-order valence-corrected chi connectivity index (χ4v) is 3.88. The van der Waals surface area contributed by atoms with Crippen LogP contribution in [0.2, 0.25) is 0 Å². The Bertz CT molecular complexity index is 1580. The van der Waals surface area contributed by atoms with Gasteiger partial charge in [-0.3, -0.25) is 4.79 Å². The smallest absolute Gasteiger partial charge is 0.348 e. The molecule has 2 aromatic heterocycles. The molecule has 1 atom stereocenters. The number of halogens is 1. The molecule has 0 spiro atoms. The number of ether oxygens (including phenoxy) is 1. The van der Waals surface area contributed by atoms with Crippen LogP contribution in [0.25, 0.3) is 16.6 Å². The van der Waals surface area contributed by atoms with Crippen LogP contribution in [-0.2, 0) is 0 Å². The van der Waals surface area contributed by atoms with Crippen LogP contribution in [0.4, 0.5) is 15.8 Å². The van der Waals surface area contributed by atoms with Crippen molar-refractivity contribution in [2.24, 2.45) is 0 Å². The van der Waals surface area contributed by atoms with Crippen LogP contribution in [0.5, 0.6) is 5.75 Å². The molecule has 0 saturated carbocycles. The van der Waals surface area contributed by atoms with Crippen molar-refractivity contribution in [3.05, 3.63) is 79.1 Å². The number of carbonyl (C=O) groups is 1. The minimum atomic E-state index is -1.39. The second-order valence-corrected chi connectivity index (χ2v) is 7.57. The SMILES string of the molecule is C[C@H]1COc2c(Nc3ccc(-n4c(=O)[nH][nH]c4=O)cc3)c(F)cc3c(=O)c(C(=O)O)cn1c23. The summed E-state index contributed by atoms with van der Waals surface area (Å²) in [6, 6.07) is 6.77. The van der Waals surface area contributed by atoms with Gasteiger partial charge in [0.2, 0.25) is 5.43 Å². The number of rotatable bonds is 4. The van der Waals surface area contributed by atoms with E-state index in [-0.39, 0.29) is 35.0 Å². The lowest BCUT2D eigenvalue weighted by Crippen LogP contribution is -2.27. The van der Waals surface area contributed by atoms with Crippen LogP contribution in [0, 0.1) is 5.82 Å². The van der Waals surface area contributed by atoms with Crippen molar-refractivity contribution in [3.8, 4) is 11.4 Å². The first-order valence-electron chi connectivity index (χ1n) is 9.81. The van der Waals surface area contributed by atoms with Gasteiger partial charge in [0.1, 0.15) is 17.9 Å². The Labute approximate surface area is 182 Å². The van der Waals surface area contributed by atoms with E-state index in [9.17, 15) is 24.3 Å². The quantitative estimate of drug-likeness (QED) is 0.367. The largest absolute Gasteiger partial charge is 0.487 e. The molecule has 33 heavy (non-hydrogen) atoms. The van der Waals surface area contributed by atoms with E-state index in [4.69, 9.17) is 4.74 Å².